The van der Waals surface area contributed by atoms with Crippen molar-refractivity contribution in [3.05, 3.63) is 18.0 Å². The summed E-state index contributed by atoms with van der Waals surface area (Å²) in [5.74, 6) is -0.448. The second-order valence-corrected chi connectivity index (χ2v) is 4.54. The van der Waals surface area contributed by atoms with E-state index < -0.39 is 12.0 Å². The fraction of sp³-hybridized carbons (Fsp3) is 0.615. The van der Waals surface area contributed by atoms with Gasteiger partial charge < -0.3 is 14.4 Å². The van der Waals surface area contributed by atoms with Gasteiger partial charge in [0.15, 0.2) is 0 Å². The average molecular weight is 281 g/mol. The van der Waals surface area contributed by atoms with E-state index >= 15 is 0 Å². The standard InChI is InChI=1S/C13H19N3O4/c1-3-20-13(18)11-8-14-16(9-11)10(2)12(17)15-4-6-19-7-5-15/h8-10H,3-7H2,1-2H3. The van der Waals surface area contributed by atoms with E-state index in [9.17, 15) is 9.59 Å². The molecule has 1 amide bonds. The highest BCUT2D eigenvalue weighted by Crippen LogP contribution is 2.12. The van der Waals surface area contributed by atoms with Crippen molar-refractivity contribution in [2.45, 2.75) is 19.9 Å². The second kappa shape index (κ2) is 6.51. The van der Waals surface area contributed by atoms with Gasteiger partial charge in [0.25, 0.3) is 0 Å². The molecule has 20 heavy (non-hydrogen) atoms. The van der Waals surface area contributed by atoms with Gasteiger partial charge in [-0.15, -0.1) is 0 Å². The van der Waals surface area contributed by atoms with Crippen LogP contribution in [-0.4, -0.2) is 59.5 Å². The average Bonchev–Trinajstić information content (AvgIpc) is 2.97. The van der Waals surface area contributed by atoms with Gasteiger partial charge in [-0.1, -0.05) is 0 Å². The summed E-state index contributed by atoms with van der Waals surface area (Å²) in [5.41, 5.74) is 0.355. The molecule has 1 aliphatic heterocycles. The highest BCUT2D eigenvalue weighted by molar-refractivity contribution is 5.89. The number of morpholine rings is 1. The number of carbonyl (C=O) groups excluding carboxylic acids is 2. The van der Waals surface area contributed by atoms with E-state index in [1.807, 2.05) is 0 Å². The predicted octanol–water partition coefficient (Wildman–Crippen LogP) is 0.480. The molecule has 1 aromatic heterocycles. The number of rotatable bonds is 4. The van der Waals surface area contributed by atoms with Gasteiger partial charge >= 0.3 is 5.97 Å². The van der Waals surface area contributed by atoms with Crippen LogP contribution in [0.4, 0.5) is 0 Å². The molecule has 0 saturated carbocycles. The van der Waals surface area contributed by atoms with Gasteiger partial charge in [0, 0.05) is 19.3 Å². The van der Waals surface area contributed by atoms with Crippen molar-refractivity contribution in [1.82, 2.24) is 14.7 Å². The van der Waals surface area contributed by atoms with Gasteiger partial charge in [-0.05, 0) is 13.8 Å². The van der Waals surface area contributed by atoms with Crippen molar-refractivity contribution >= 4 is 11.9 Å². The third kappa shape index (κ3) is 3.16. The van der Waals surface area contributed by atoms with Crippen molar-refractivity contribution in [2.75, 3.05) is 32.9 Å². The van der Waals surface area contributed by atoms with Crippen LogP contribution in [0.15, 0.2) is 12.4 Å². The maximum atomic E-state index is 12.3. The summed E-state index contributed by atoms with van der Waals surface area (Å²) in [5, 5.41) is 4.07. The highest BCUT2D eigenvalue weighted by atomic mass is 16.5. The lowest BCUT2D eigenvalue weighted by molar-refractivity contribution is -0.138. The molecule has 7 heteroatoms. The Morgan fingerprint density at radius 1 is 1.45 bits per heavy atom. The minimum Gasteiger partial charge on any atom is -0.462 e. The Hall–Kier alpha value is -1.89. The molecule has 1 atom stereocenters. The number of ether oxygens (including phenoxy) is 2. The zero-order valence-electron chi connectivity index (χ0n) is 11.7. The van der Waals surface area contributed by atoms with E-state index in [0.29, 0.717) is 38.5 Å². The summed E-state index contributed by atoms with van der Waals surface area (Å²) in [4.78, 5) is 25.6. The second-order valence-electron chi connectivity index (χ2n) is 4.54. The fourth-order valence-corrected chi connectivity index (χ4v) is 2.03. The van der Waals surface area contributed by atoms with Crippen molar-refractivity contribution < 1.29 is 19.1 Å². The highest BCUT2D eigenvalue weighted by Gasteiger charge is 2.24. The predicted molar refractivity (Wildman–Crippen MR) is 70.3 cm³/mol. The molecular weight excluding hydrogens is 262 g/mol. The van der Waals surface area contributed by atoms with E-state index in [2.05, 4.69) is 5.10 Å². The summed E-state index contributed by atoms with van der Waals surface area (Å²) < 4.78 is 11.6. The minimum atomic E-state index is -0.448. The summed E-state index contributed by atoms with van der Waals surface area (Å²) in [6.45, 7) is 6.13. The quantitative estimate of drug-likeness (QED) is 0.750. The van der Waals surface area contributed by atoms with E-state index in [-0.39, 0.29) is 5.91 Å². The molecule has 110 valence electrons. The first kappa shape index (κ1) is 14.5. The van der Waals surface area contributed by atoms with Crippen molar-refractivity contribution in [2.24, 2.45) is 0 Å². The minimum absolute atomic E-state index is 0.0215. The molecule has 0 N–H and O–H groups in total. The van der Waals surface area contributed by atoms with E-state index in [4.69, 9.17) is 9.47 Å². The molecule has 0 aliphatic carbocycles. The lowest BCUT2D eigenvalue weighted by Crippen LogP contribution is -2.43. The van der Waals surface area contributed by atoms with Crippen LogP contribution in [0.1, 0.15) is 30.2 Å². The molecule has 2 heterocycles. The topological polar surface area (TPSA) is 73.7 Å². The fourth-order valence-electron chi connectivity index (χ4n) is 2.03. The summed E-state index contributed by atoms with van der Waals surface area (Å²) in [6, 6.07) is -0.448. The molecule has 0 bridgehead atoms. The van der Waals surface area contributed by atoms with Crippen molar-refractivity contribution in [3.63, 3.8) is 0 Å². The largest absolute Gasteiger partial charge is 0.462 e. The van der Waals surface area contributed by atoms with Crippen LogP contribution in [0.2, 0.25) is 0 Å². The summed E-state index contributed by atoms with van der Waals surface area (Å²) in [6.07, 6.45) is 2.96. The Labute approximate surface area is 117 Å². The monoisotopic (exact) mass is 281 g/mol. The number of amides is 1. The Morgan fingerprint density at radius 2 is 2.15 bits per heavy atom. The molecule has 1 saturated heterocycles. The van der Waals surface area contributed by atoms with Crippen LogP contribution in [0, 0.1) is 0 Å². The van der Waals surface area contributed by atoms with E-state index in [1.54, 1.807) is 24.9 Å². The molecule has 0 spiro atoms. The van der Waals surface area contributed by atoms with Crippen molar-refractivity contribution in [3.8, 4) is 0 Å². The molecule has 1 fully saturated rings. The summed E-state index contributed by atoms with van der Waals surface area (Å²) in [7, 11) is 0. The van der Waals surface area contributed by atoms with Crippen LogP contribution >= 0.6 is 0 Å². The Balaban J connectivity index is 2.03. The maximum absolute atomic E-state index is 12.3. The molecular formula is C13H19N3O4. The first-order valence-electron chi connectivity index (χ1n) is 6.71. The Bertz CT molecular complexity index is 480. The normalized spacial score (nSPS) is 16.8. The third-order valence-electron chi connectivity index (χ3n) is 3.19. The molecule has 1 aromatic rings. The lowest BCUT2D eigenvalue weighted by Gasteiger charge is -2.29. The number of carbonyl (C=O) groups is 2. The Kier molecular flexibility index (Phi) is 4.73. The molecule has 1 unspecified atom stereocenters. The van der Waals surface area contributed by atoms with Crippen LogP contribution in [0.5, 0.6) is 0 Å². The number of nitrogens with zero attached hydrogens (tertiary/aromatic N) is 3. The number of esters is 1. The van der Waals surface area contributed by atoms with Gasteiger partial charge in [-0.25, -0.2) is 4.79 Å². The zero-order chi connectivity index (χ0) is 14.5. The van der Waals surface area contributed by atoms with Crippen LogP contribution < -0.4 is 0 Å². The first-order valence-corrected chi connectivity index (χ1v) is 6.71. The molecule has 0 aromatic carbocycles. The van der Waals surface area contributed by atoms with Crippen LogP contribution in [-0.2, 0) is 14.3 Å². The third-order valence-corrected chi connectivity index (χ3v) is 3.19. The first-order chi connectivity index (χ1) is 9.63. The summed E-state index contributed by atoms with van der Waals surface area (Å²) >= 11 is 0. The van der Waals surface area contributed by atoms with Gasteiger partial charge in [-0.2, -0.15) is 5.10 Å². The smallest absolute Gasteiger partial charge is 0.341 e. The maximum Gasteiger partial charge on any atom is 0.341 e. The molecule has 7 nitrogen and oxygen atoms in total. The number of hydrogen-bond acceptors (Lipinski definition) is 5. The van der Waals surface area contributed by atoms with Gasteiger partial charge in [0.1, 0.15) is 6.04 Å². The van der Waals surface area contributed by atoms with Gasteiger partial charge in [0.05, 0.1) is 31.6 Å². The van der Waals surface area contributed by atoms with Gasteiger partial charge in [0.2, 0.25) is 5.91 Å². The number of hydrogen-bond donors (Lipinski definition) is 0. The lowest BCUT2D eigenvalue weighted by atomic mass is 10.2. The van der Waals surface area contributed by atoms with Crippen molar-refractivity contribution in [1.29, 1.82) is 0 Å². The van der Waals surface area contributed by atoms with E-state index in [1.165, 1.54) is 10.9 Å². The van der Waals surface area contributed by atoms with Crippen LogP contribution in [0.25, 0.3) is 0 Å². The number of aromatic nitrogens is 2. The zero-order valence-corrected chi connectivity index (χ0v) is 11.7. The molecule has 2 rings (SSSR count). The van der Waals surface area contributed by atoms with Crippen LogP contribution in [0.3, 0.4) is 0 Å². The Morgan fingerprint density at radius 3 is 2.80 bits per heavy atom. The van der Waals surface area contributed by atoms with E-state index in [0.717, 1.165) is 0 Å². The molecule has 0 radical (unpaired) electrons. The van der Waals surface area contributed by atoms with Gasteiger partial charge in [-0.3, -0.25) is 9.48 Å². The SMILES string of the molecule is CCOC(=O)c1cnn(C(C)C(=O)N2CCOCC2)c1. The molecule has 1 aliphatic rings.